The van der Waals surface area contributed by atoms with Gasteiger partial charge in [-0.05, 0) is 48.1 Å². The van der Waals surface area contributed by atoms with Gasteiger partial charge in [0, 0.05) is 12.0 Å². The molecule has 0 aromatic heterocycles. The van der Waals surface area contributed by atoms with Crippen molar-refractivity contribution in [2.75, 3.05) is 6.61 Å². The fourth-order valence-corrected chi connectivity index (χ4v) is 2.68. The number of benzene rings is 2. The summed E-state index contributed by atoms with van der Waals surface area (Å²) in [5.41, 5.74) is 5.76. The molecule has 3 nitrogen and oxygen atoms in total. The third kappa shape index (κ3) is 4.59. The first-order chi connectivity index (χ1) is 10.9. The molecule has 0 aliphatic rings. The van der Waals surface area contributed by atoms with Gasteiger partial charge in [-0.3, -0.25) is 0 Å². The van der Waals surface area contributed by atoms with Crippen molar-refractivity contribution in [1.29, 1.82) is 0 Å². The Morgan fingerprint density at radius 2 is 1.78 bits per heavy atom. The van der Waals surface area contributed by atoms with Crippen LogP contribution in [0, 0.1) is 13.8 Å². The molecule has 0 bridgehead atoms. The van der Waals surface area contributed by atoms with Gasteiger partial charge in [0.15, 0.2) is 6.61 Å². The van der Waals surface area contributed by atoms with E-state index in [1.54, 1.807) is 0 Å². The van der Waals surface area contributed by atoms with Crippen LogP contribution in [0.4, 0.5) is 0 Å². The Morgan fingerprint density at radius 1 is 1.13 bits per heavy atom. The van der Waals surface area contributed by atoms with Crippen LogP contribution < -0.4 is 4.74 Å². The third-order valence-corrected chi connectivity index (χ3v) is 3.95. The van der Waals surface area contributed by atoms with Gasteiger partial charge >= 0.3 is 5.97 Å². The molecule has 2 rings (SSSR count). The standard InChI is InChI=1S/C20H24O3/c1-13(2)17-7-5-16(6-8-17)11-18-15(4)9-14(3)10-19(18)23-12-20(21)22/h5-10,13H,11-12H2,1-4H3,(H,21,22). The predicted molar refractivity (Wildman–Crippen MR) is 92.4 cm³/mol. The zero-order valence-electron chi connectivity index (χ0n) is 14.2. The summed E-state index contributed by atoms with van der Waals surface area (Å²) < 4.78 is 5.49. The number of ether oxygens (including phenoxy) is 1. The van der Waals surface area contributed by atoms with Crippen LogP contribution in [0.2, 0.25) is 0 Å². The van der Waals surface area contributed by atoms with Gasteiger partial charge in [0.25, 0.3) is 0 Å². The maximum absolute atomic E-state index is 10.8. The van der Waals surface area contributed by atoms with E-state index in [0.717, 1.165) is 23.1 Å². The molecule has 0 aliphatic carbocycles. The lowest BCUT2D eigenvalue weighted by Crippen LogP contribution is -2.11. The van der Waals surface area contributed by atoms with E-state index < -0.39 is 5.97 Å². The van der Waals surface area contributed by atoms with Crippen molar-refractivity contribution in [3.8, 4) is 5.75 Å². The first kappa shape index (κ1) is 17.1. The second-order valence-electron chi connectivity index (χ2n) is 6.31. The molecule has 2 aromatic rings. The summed E-state index contributed by atoms with van der Waals surface area (Å²) in [5, 5.41) is 8.85. The van der Waals surface area contributed by atoms with Crippen molar-refractivity contribution in [2.24, 2.45) is 0 Å². The van der Waals surface area contributed by atoms with Gasteiger partial charge in [-0.25, -0.2) is 4.79 Å². The molecule has 0 unspecified atom stereocenters. The topological polar surface area (TPSA) is 46.5 Å². The first-order valence-electron chi connectivity index (χ1n) is 7.90. The van der Waals surface area contributed by atoms with Crippen LogP contribution in [0.1, 0.15) is 47.6 Å². The number of hydrogen-bond acceptors (Lipinski definition) is 2. The average molecular weight is 312 g/mol. The largest absolute Gasteiger partial charge is 0.482 e. The summed E-state index contributed by atoms with van der Waals surface area (Å²) in [6, 6.07) is 12.6. The van der Waals surface area contributed by atoms with Crippen molar-refractivity contribution in [3.05, 3.63) is 64.2 Å². The molecule has 0 spiro atoms. The minimum atomic E-state index is -0.962. The average Bonchev–Trinajstić information content (AvgIpc) is 2.48. The highest BCUT2D eigenvalue weighted by molar-refractivity contribution is 5.68. The fraction of sp³-hybridized carbons (Fsp3) is 0.350. The van der Waals surface area contributed by atoms with E-state index in [0.29, 0.717) is 11.7 Å². The van der Waals surface area contributed by atoms with Crippen LogP contribution in [0.15, 0.2) is 36.4 Å². The minimum absolute atomic E-state index is 0.317. The molecule has 0 saturated carbocycles. The van der Waals surface area contributed by atoms with Gasteiger partial charge in [-0.1, -0.05) is 44.2 Å². The Balaban J connectivity index is 2.28. The normalized spacial score (nSPS) is 10.8. The van der Waals surface area contributed by atoms with Gasteiger partial charge in [0.05, 0.1) is 0 Å². The van der Waals surface area contributed by atoms with Gasteiger partial charge < -0.3 is 9.84 Å². The molecular weight excluding hydrogens is 288 g/mol. The van der Waals surface area contributed by atoms with Crippen LogP contribution in [-0.2, 0) is 11.2 Å². The summed E-state index contributed by atoms with van der Waals surface area (Å²) in [7, 11) is 0. The minimum Gasteiger partial charge on any atom is -0.482 e. The monoisotopic (exact) mass is 312 g/mol. The summed E-state index contributed by atoms with van der Waals surface area (Å²) in [4.78, 5) is 10.8. The molecule has 1 N–H and O–H groups in total. The lowest BCUT2D eigenvalue weighted by molar-refractivity contribution is -0.139. The molecule has 23 heavy (non-hydrogen) atoms. The highest BCUT2D eigenvalue weighted by Crippen LogP contribution is 2.27. The summed E-state index contributed by atoms with van der Waals surface area (Å²) in [5.74, 6) is 0.217. The maximum atomic E-state index is 10.8. The Morgan fingerprint density at radius 3 is 2.35 bits per heavy atom. The number of aliphatic carboxylic acids is 1. The van der Waals surface area contributed by atoms with Gasteiger partial charge in [-0.15, -0.1) is 0 Å². The number of aryl methyl sites for hydroxylation is 2. The molecule has 0 atom stereocenters. The van der Waals surface area contributed by atoms with Crippen molar-refractivity contribution in [3.63, 3.8) is 0 Å². The molecule has 0 heterocycles. The molecule has 122 valence electrons. The van der Waals surface area contributed by atoms with Crippen LogP contribution >= 0.6 is 0 Å². The van der Waals surface area contributed by atoms with E-state index in [2.05, 4.69) is 44.2 Å². The molecule has 2 aromatic carbocycles. The first-order valence-corrected chi connectivity index (χ1v) is 7.90. The van der Waals surface area contributed by atoms with E-state index in [1.165, 1.54) is 11.1 Å². The molecule has 0 aliphatic heterocycles. The smallest absolute Gasteiger partial charge is 0.341 e. The van der Waals surface area contributed by atoms with Crippen molar-refractivity contribution in [2.45, 2.75) is 40.0 Å². The van der Waals surface area contributed by atoms with Crippen LogP contribution in [0.3, 0.4) is 0 Å². The van der Waals surface area contributed by atoms with E-state index in [4.69, 9.17) is 9.84 Å². The molecule has 0 fully saturated rings. The van der Waals surface area contributed by atoms with Gasteiger partial charge in [0.2, 0.25) is 0 Å². The summed E-state index contributed by atoms with van der Waals surface area (Å²) in [6.07, 6.45) is 0.736. The highest BCUT2D eigenvalue weighted by atomic mass is 16.5. The van der Waals surface area contributed by atoms with Gasteiger partial charge in [0.1, 0.15) is 5.75 Å². The van der Waals surface area contributed by atoms with Crippen LogP contribution in [0.25, 0.3) is 0 Å². The molecular formula is C20H24O3. The Kier molecular flexibility index (Phi) is 5.43. The number of carboxylic acids is 1. The molecule has 3 heteroatoms. The van der Waals surface area contributed by atoms with Crippen molar-refractivity contribution < 1.29 is 14.6 Å². The summed E-state index contributed by atoms with van der Waals surface area (Å²) >= 11 is 0. The Hall–Kier alpha value is -2.29. The second kappa shape index (κ2) is 7.32. The number of hydrogen-bond donors (Lipinski definition) is 1. The zero-order valence-corrected chi connectivity index (χ0v) is 14.2. The molecule has 0 amide bonds. The van der Waals surface area contributed by atoms with E-state index in [1.807, 2.05) is 19.9 Å². The highest BCUT2D eigenvalue weighted by Gasteiger charge is 2.11. The Bertz CT molecular complexity index is 685. The van der Waals surface area contributed by atoms with Crippen molar-refractivity contribution in [1.82, 2.24) is 0 Å². The number of carboxylic acid groups (broad SMARTS) is 1. The zero-order chi connectivity index (χ0) is 17.0. The SMILES string of the molecule is Cc1cc(C)c(Cc2ccc(C(C)C)cc2)c(OCC(=O)O)c1. The summed E-state index contributed by atoms with van der Waals surface area (Å²) in [6.45, 7) is 8.07. The quantitative estimate of drug-likeness (QED) is 0.855. The molecule has 0 radical (unpaired) electrons. The van der Waals surface area contributed by atoms with Crippen LogP contribution in [-0.4, -0.2) is 17.7 Å². The van der Waals surface area contributed by atoms with Crippen molar-refractivity contribution >= 4 is 5.97 Å². The van der Waals surface area contributed by atoms with E-state index in [9.17, 15) is 4.79 Å². The lowest BCUT2D eigenvalue weighted by atomic mass is 9.95. The number of rotatable bonds is 6. The lowest BCUT2D eigenvalue weighted by Gasteiger charge is -2.15. The Labute approximate surface area is 137 Å². The van der Waals surface area contributed by atoms with E-state index in [-0.39, 0.29) is 6.61 Å². The number of carbonyl (C=O) groups is 1. The fourth-order valence-electron chi connectivity index (χ4n) is 2.68. The van der Waals surface area contributed by atoms with Crippen LogP contribution in [0.5, 0.6) is 5.75 Å². The second-order valence-corrected chi connectivity index (χ2v) is 6.31. The van der Waals surface area contributed by atoms with E-state index >= 15 is 0 Å². The van der Waals surface area contributed by atoms with Gasteiger partial charge in [-0.2, -0.15) is 0 Å². The third-order valence-electron chi connectivity index (χ3n) is 3.95. The predicted octanol–water partition coefficient (Wildman–Crippen LogP) is 4.48. The maximum Gasteiger partial charge on any atom is 0.341 e. The molecule has 0 saturated heterocycles.